The zero-order valence-electron chi connectivity index (χ0n) is 13.7. The van der Waals surface area contributed by atoms with Crippen LogP contribution in [0.25, 0.3) is 20.5 Å². The zero-order chi connectivity index (χ0) is 18.1. The monoisotopic (exact) mass is 440 g/mol. The lowest BCUT2D eigenvalue weighted by Crippen LogP contribution is -2.39. The van der Waals surface area contributed by atoms with E-state index in [0.717, 1.165) is 36.4 Å². The highest BCUT2D eigenvalue weighted by atomic mass is 79.9. The Kier molecular flexibility index (Phi) is 5.55. The number of ether oxygens (including phenoxy) is 1. The number of benzene rings is 2. The highest BCUT2D eigenvalue weighted by molar-refractivity contribution is 9.10. The van der Waals surface area contributed by atoms with Gasteiger partial charge in [-0.05, 0) is 31.2 Å². The van der Waals surface area contributed by atoms with Crippen LogP contribution in [0.3, 0.4) is 0 Å². The number of anilines is 1. The summed E-state index contributed by atoms with van der Waals surface area (Å²) in [5, 5.41) is 14.7. The molecule has 4 nitrogen and oxygen atoms in total. The van der Waals surface area contributed by atoms with E-state index < -0.39 is 12.3 Å². The molecule has 3 aromatic rings. The summed E-state index contributed by atoms with van der Waals surface area (Å²) >= 11 is 11.5. The normalized spacial score (nSPS) is 13.7. The molecule has 0 aliphatic rings. The summed E-state index contributed by atoms with van der Waals surface area (Å²) in [6.07, 6.45) is -1.31. The maximum absolute atomic E-state index is 9.81. The van der Waals surface area contributed by atoms with Gasteiger partial charge in [0.05, 0.1) is 33.5 Å². The van der Waals surface area contributed by atoms with E-state index >= 15 is 0 Å². The molecule has 0 saturated carbocycles. The second kappa shape index (κ2) is 7.51. The second-order valence-electron chi connectivity index (χ2n) is 5.68. The van der Waals surface area contributed by atoms with E-state index in [2.05, 4.69) is 21.2 Å². The van der Waals surface area contributed by atoms with Crippen LogP contribution >= 0.6 is 38.9 Å². The summed E-state index contributed by atoms with van der Waals surface area (Å²) in [7, 11) is 1.64. The van der Waals surface area contributed by atoms with Crippen LogP contribution in [0, 0.1) is 0 Å². The zero-order valence-corrected chi connectivity index (χ0v) is 16.9. The van der Waals surface area contributed by atoms with E-state index in [4.69, 9.17) is 22.1 Å². The molecule has 0 aliphatic heterocycles. The first-order valence-electron chi connectivity index (χ1n) is 7.67. The molecule has 7 heteroatoms. The average molecular weight is 442 g/mol. The first kappa shape index (κ1) is 18.5. The van der Waals surface area contributed by atoms with E-state index in [1.807, 2.05) is 36.4 Å². The number of halogens is 2. The summed E-state index contributed by atoms with van der Waals surface area (Å²) in [5.74, 6) is 0.750. The molecule has 0 amide bonds. The van der Waals surface area contributed by atoms with Crippen LogP contribution in [0.4, 0.5) is 5.69 Å². The van der Waals surface area contributed by atoms with E-state index in [-0.39, 0.29) is 0 Å². The maximum atomic E-state index is 9.81. The summed E-state index contributed by atoms with van der Waals surface area (Å²) < 4.78 is 7.43. The number of nitrogens with two attached hydrogens (primary N) is 1. The van der Waals surface area contributed by atoms with Gasteiger partial charge in [0.2, 0.25) is 0 Å². The maximum Gasteiger partial charge on any atom is 0.127 e. The molecule has 0 aliphatic carbocycles. The molecule has 0 radical (unpaired) electrons. The Labute approximate surface area is 163 Å². The minimum atomic E-state index is -0.702. The van der Waals surface area contributed by atoms with Crippen LogP contribution in [0.5, 0.6) is 5.75 Å². The number of hydrogen-bond acceptors (Lipinski definition) is 5. The van der Waals surface area contributed by atoms with E-state index in [9.17, 15) is 5.11 Å². The molecule has 0 fully saturated rings. The predicted octanol–water partition coefficient (Wildman–Crippen LogP) is 5.07. The third-order valence-corrected chi connectivity index (χ3v) is 6.10. The number of methoxy groups -OCH3 is 1. The lowest BCUT2D eigenvalue weighted by Gasteiger charge is -2.19. The van der Waals surface area contributed by atoms with Gasteiger partial charge >= 0.3 is 0 Å². The van der Waals surface area contributed by atoms with Crippen LogP contribution in [0.15, 0.2) is 40.9 Å². The molecule has 0 spiro atoms. The van der Waals surface area contributed by atoms with Gasteiger partial charge in [-0.3, -0.25) is 0 Å². The molecule has 4 N–H and O–H groups in total. The number of hydrogen-bond donors (Lipinski definition) is 3. The topological polar surface area (TPSA) is 67.5 Å². The van der Waals surface area contributed by atoms with Crippen molar-refractivity contribution in [2.75, 3.05) is 12.4 Å². The van der Waals surface area contributed by atoms with Crippen LogP contribution in [0.1, 0.15) is 6.92 Å². The second-order valence-corrected chi connectivity index (χ2v) is 8.02. The molecule has 0 saturated heterocycles. The van der Waals surface area contributed by atoms with Crippen LogP contribution in [0.2, 0.25) is 5.02 Å². The molecule has 2 aromatic carbocycles. The lowest BCUT2D eigenvalue weighted by molar-refractivity contribution is 0.174. The Hall–Kier alpha value is -1.31. The van der Waals surface area contributed by atoms with Crippen molar-refractivity contribution >= 4 is 54.6 Å². The minimum absolute atomic E-state index is 0.603. The Morgan fingerprint density at radius 2 is 2.08 bits per heavy atom. The quantitative estimate of drug-likeness (QED) is 0.484. The SMILES string of the molecule is COc1ccc(Br)cc1-c1sc2c(Cl)cccc2c1NC(N)C(C)O. The van der Waals surface area contributed by atoms with Crippen molar-refractivity contribution in [3.8, 4) is 16.2 Å². The highest BCUT2D eigenvalue weighted by Crippen LogP contribution is 2.48. The van der Waals surface area contributed by atoms with Gasteiger partial charge in [0, 0.05) is 15.4 Å². The molecule has 25 heavy (non-hydrogen) atoms. The summed E-state index contributed by atoms with van der Waals surface area (Å²) in [5.41, 5.74) is 7.82. The summed E-state index contributed by atoms with van der Waals surface area (Å²) in [6.45, 7) is 1.65. The van der Waals surface area contributed by atoms with Gasteiger partial charge in [-0.15, -0.1) is 11.3 Å². The van der Waals surface area contributed by atoms with Gasteiger partial charge in [-0.2, -0.15) is 0 Å². The van der Waals surface area contributed by atoms with Crippen molar-refractivity contribution in [3.05, 3.63) is 45.9 Å². The largest absolute Gasteiger partial charge is 0.496 e. The van der Waals surface area contributed by atoms with Gasteiger partial charge in [0.25, 0.3) is 0 Å². The van der Waals surface area contributed by atoms with Gasteiger partial charge in [0.15, 0.2) is 0 Å². The number of thiophene rings is 1. The average Bonchev–Trinajstić information content (AvgIpc) is 2.94. The highest BCUT2D eigenvalue weighted by Gasteiger charge is 2.21. The summed E-state index contributed by atoms with van der Waals surface area (Å²) in [4.78, 5) is 0.956. The number of rotatable bonds is 5. The Bertz CT molecular complexity index is 913. The van der Waals surface area contributed by atoms with Gasteiger partial charge in [-0.25, -0.2) is 0 Å². The molecule has 132 valence electrons. The third-order valence-electron chi connectivity index (χ3n) is 3.90. The standard InChI is InChI=1S/C18H18BrClN2O2S/c1-9(23)18(21)22-15-11-4-3-5-13(20)16(11)25-17(15)12-8-10(19)6-7-14(12)24-2/h3-9,18,22-23H,21H2,1-2H3. The molecular formula is C18H18BrClN2O2S. The van der Waals surface area contributed by atoms with Crippen LogP contribution < -0.4 is 15.8 Å². The van der Waals surface area contributed by atoms with Crippen molar-refractivity contribution in [3.63, 3.8) is 0 Å². The molecule has 0 bridgehead atoms. The molecule has 2 atom stereocenters. The van der Waals surface area contributed by atoms with Crippen molar-refractivity contribution in [1.82, 2.24) is 0 Å². The molecule has 1 heterocycles. The fourth-order valence-corrected chi connectivity index (χ4v) is 4.40. The fraction of sp³-hybridized carbons (Fsp3) is 0.222. The van der Waals surface area contributed by atoms with Crippen molar-refractivity contribution < 1.29 is 9.84 Å². The van der Waals surface area contributed by atoms with Crippen molar-refractivity contribution in [1.29, 1.82) is 0 Å². The molecule has 3 rings (SSSR count). The number of nitrogens with one attached hydrogen (secondary N) is 1. The first-order chi connectivity index (χ1) is 11.9. The predicted molar refractivity (Wildman–Crippen MR) is 110 cm³/mol. The van der Waals surface area contributed by atoms with E-state index in [1.165, 1.54) is 0 Å². The van der Waals surface area contributed by atoms with Gasteiger partial charge in [-0.1, -0.05) is 39.7 Å². The summed E-state index contributed by atoms with van der Waals surface area (Å²) in [6, 6.07) is 11.6. The number of fused-ring (bicyclic) bond motifs is 1. The molecular weight excluding hydrogens is 424 g/mol. The van der Waals surface area contributed by atoms with Gasteiger partial charge < -0.3 is 20.9 Å². The third kappa shape index (κ3) is 3.64. The lowest BCUT2D eigenvalue weighted by atomic mass is 10.1. The van der Waals surface area contributed by atoms with Crippen molar-refractivity contribution in [2.24, 2.45) is 5.73 Å². The number of aliphatic hydroxyl groups excluding tert-OH is 1. The molecule has 1 aromatic heterocycles. The Balaban J connectivity index is 2.27. The minimum Gasteiger partial charge on any atom is -0.496 e. The molecule has 2 unspecified atom stereocenters. The fourth-order valence-electron chi connectivity index (χ4n) is 2.56. The van der Waals surface area contributed by atoms with Crippen LogP contribution in [-0.4, -0.2) is 24.5 Å². The van der Waals surface area contributed by atoms with Crippen molar-refractivity contribution in [2.45, 2.75) is 19.2 Å². The Morgan fingerprint density at radius 3 is 2.76 bits per heavy atom. The van der Waals surface area contributed by atoms with Gasteiger partial charge in [0.1, 0.15) is 11.9 Å². The first-order valence-corrected chi connectivity index (χ1v) is 9.66. The smallest absolute Gasteiger partial charge is 0.127 e. The van der Waals surface area contributed by atoms with E-state index in [1.54, 1.807) is 25.4 Å². The van der Waals surface area contributed by atoms with Crippen LogP contribution in [-0.2, 0) is 0 Å². The Morgan fingerprint density at radius 1 is 1.32 bits per heavy atom. The number of aliphatic hydroxyl groups is 1. The van der Waals surface area contributed by atoms with E-state index in [0.29, 0.717) is 5.02 Å².